The number of hydrogen-bond acceptors (Lipinski definition) is 4. The second kappa shape index (κ2) is 6.45. The Balaban J connectivity index is 2.10. The van der Waals surface area contributed by atoms with Crippen molar-refractivity contribution < 1.29 is 26.3 Å². The van der Waals surface area contributed by atoms with Gasteiger partial charge in [-0.3, -0.25) is 9.38 Å². The minimum atomic E-state index is -4.62. The molecule has 0 aliphatic carbocycles. The Labute approximate surface area is 147 Å². The maximum Gasteiger partial charge on any atom is 0.433 e. The molecule has 0 aromatic carbocycles. The molecular formula is C15H10F6N4S. The highest BCUT2D eigenvalue weighted by atomic mass is 32.2. The highest BCUT2D eigenvalue weighted by molar-refractivity contribution is 7.99. The van der Waals surface area contributed by atoms with Crippen molar-refractivity contribution in [3.05, 3.63) is 42.1 Å². The molecule has 3 aromatic heterocycles. The van der Waals surface area contributed by atoms with Crippen LogP contribution in [0.25, 0.3) is 17.0 Å². The molecule has 0 amide bonds. The lowest BCUT2D eigenvalue weighted by Gasteiger charge is -2.10. The highest BCUT2D eigenvalue weighted by Gasteiger charge is 2.33. The van der Waals surface area contributed by atoms with Crippen LogP contribution in [0.5, 0.6) is 0 Å². The van der Waals surface area contributed by atoms with E-state index in [4.69, 9.17) is 0 Å². The standard InChI is InChI=1S/C15H10F6N4S/c1-2-26-10-3-8(14(16,17)18)5-22-13(10)9-6-25-7-23-11(15(19,20)21)4-12(25)24-9/h3-7H,2H2,1H3. The Bertz CT molecular complexity index is 947. The van der Waals surface area contributed by atoms with Gasteiger partial charge in [0.05, 0.1) is 5.56 Å². The minimum Gasteiger partial charge on any atom is -0.290 e. The van der Waals surface area contributed by atoms with Gasteiger partial charge in [0.2, 0.25) is 0 Å². The number of nitrogens with zero attached hydrogens (tertiary/aromatic N) is 4. The first-order chi connectivity index (χ1) is 12.1. The molecular weight excluding hydrogens is 382 g/mol. The number of hydrogen-bond donors (Lipinski definition) is 0. The van der Waals surface area contributed by atoms with E-state index >= 15 is 0 Å². The van der Waals surface area contributed by atoms with Crippen molar-refractivity contribution in [2.24, 2.45) is 0 Å². The fourth-order valence-electron chi connectivity index (χ4n) is 2.22. The van der Waals surface area contributed by atoms with Crippen LogP contribution in [-0.4, -0.2) is 25.1 Å². The van der Waals surface area contributed by atoms with E-state index < -0.39 is 23.6 Å². The molecule has 3 heterocycles. The molecule has 0 bridgehead atoms. The summed E-state index contributed by atoms with van der Waals surface area (Å²) in [7, 11) is 0. The highest BCUT2D eigenvalue weighted by Crippen LogP contribution is 2.36. The summed E-state index contributed by atoms with van der Waals surface area (Å²) >= 11 is 1.14. The molecule has 0 spiro atoms. The second-order valence-electron chi connectivity index (χ2n) is 5.17. The molecule has 0 aliphatic heterocycles. The zero-order valence-electron chi connectivity index (χ0n) is 13.1. The Morgan fingerprint density at radius 1 is 1.04 bits per heavy atom. The van der Waals surface area contributed by atoms with Crippen LogP contribution in [0.1, 0.15) is 18.2 Å². The summed E-state index contributed by atoms with van der Waals surface area (Å²) in [5.74, 6) is 0.489. The van der Waals surface area contributed by atoms with Crippen LogP contribution in [0.3, 0.4) is 0 Å². The van der Waals surface area contributed by atoms with Gasteiger partial charge in [0.25, 0.3) is 0 Å². The van der Waals surface area contributed by atoms with Crippen molar-refractivity contribution in [3.63, 3.8) is 0 Å². The molecule has 0 saturated heterocycles. The predicted molar refractivity (Wildman–Crippen MR) is 82.6 cm³/mol. The maximum atomic E-state index is 12.9. The van der Waals surface area contributed by atoms with Crippen molar-refractivity contribution in [2.45, 2.75) is 24.2 Å². The van der Waals surface area contributed by atoms with Crippen LogP contribution in [0.15, 0.2) is 35.7 Å². The first kappa shape index (κ1) is 18.5. The van der Waals surface area contributed by atoms with E-state index in [1.54, 1.807) is 6.92 Å². The molecule has 0 fully saturated rings. The molecule has 0 atom stereocenters. The predicted octanol–water partition coefficient (Wildman–Crippen LogP) is 4.94. The number of thioether (sulfide) groups is 1. The molecule has 26 heavy (non-hydrogen) atoms. The van der Waals surface area contributed by atoms with E-state index in [9.17, 15) is 26.3 Å². The van der Waals surface area contributed by atoms with Crippen molar-refractivity contribution in [1.82, 2.24) is 19.4 Å². The molecule has 3 aromatic rings. The zero-order valence-corrected chi connectivity index (χ0v) is 13.9. The summed E-state index contributed by atoms with van der Waals surface area (Å²) in [4.78, 5) is 11.5. The molecule has 0 radical (unpaired) electrons. The van der Waals surface area contributed by atoms with E-state index in [2.05, 4.69) is 15.0 Å². The van der Waals surface area contributed by atoms with E-state index in [1.807, 2.05) is 0 Å². The van der Waals surface area contributed by atoms with Crippen LogP contribution in [0.2, 0.25) is 0 Å². The van der Waals surface area contributed by atoms with Gasteiger partial charge in [-0.1, -0.05) is 6.92 Å². The molecule has 0 N–H and O–H groups in total. The van der Waals surface area contributed by atoms with Crippen LogP contribution in [0, 0.1) is 0 Å². The lowest BCUT2D eigenvalue weighted by molar-refractivity contribution is -0.141. The Morgan fingerprint density at radius 2 is 1.77 bits per heavy atom. The Hall–Kier alpha value is -2.30. The zero-order chi connectivity index (χ0) is 19.1. The van der Waals surface area contributed by atoms with Crippen molar-refractivity contribution >= 4 is 17.4 Å². The largest absolute Gasteiger partial charge is 0.433 e. The second-order valence-corrected chi connectivity index (χ2v) is 6.47. The number of rotatable bonds is 3. The van der Waals surface area contributed by atoms with E-state index in [0.29, 0.717) is 11.9 Å². The summed E-state index contributed by atoms with van der Waals surface area (Å²) in [5, 5.41) is 0. The maximum absolute atomic E-state index is 12.9. The summed E-state index contributed by atoms with van der Waals surface area (Å²) < 4.78 is 78.1. The summed E-state index contributed by atoms with van der Waals surface area (Å²) in [6.45, 7) is 1.76. The first-order valence-electron chi connectivity index (χ1n) is 7.22. The van der Waals surface area contributed by atoms with Gasteiger partial charge in [0, 0.05) is 23.4 Å². The first-order valence-corrected chi connectivity index (χ1v) is 8.20. The van der Waals surface area contributed by atoms with Gasteiger partial charge >= 0.3 is 12.4 Å². The summed E-state index contributed by atoms with van der Waals surface area (Å²) in [6.07, 6.45) is -6.16. The Morgan fingerprint density at radius 3 is 2.38 bits per heavy atom. The van der Waals surface area contributed by atoms with E-state index in [1.165, 1.54) is 10.6 Å². The van der Waals surface area contributed by atoms with Crippen LogP contribution in [0.4, 0.5) is 26.3 Å². The number of alkyl halides is 6. The van der Waals surface area contributed by atoms with Gasteiger partial charge in [-0.15, -0.1) is 11.8 Å². The molecule has 4 nitrogen and oxygen atoms in total. The quantitative estimate of drug-likeness (QED) is 0.468. The number of halogens is 6. The van der Waals surface area contributed by atoms with Gasteiger partial charge in [-0.2, -0.15) is 26.3 Å². The molecule has 3 rings (SSSR count). The summed E-state index contributed by atoms with van der Waals surface area (Å²) in [6, 6.07) is 1.72. The van der Waals surface area contributed by atoms with Gasteiger partial charge in [-0.25, -0.2) is 9.97 Å². The lowest BCUT2D eigenvalue weighted by atomic mass is 10.2. The van der Waals surface area contributed by atoms with Gasteiger partial charge < -0.3 is 0 Å². The molecule has 0 aliphatic rings. The van der Waals surface area contributed by atoms with Gasteiger partial charge in [0.15, 0.2) is 0 Å². The third kappa shape index (κ3) is 3.62. The number of fused-ring (bicyclic) bond motifs is 1. The lowest BCUT2D eigenvalue weighted by Crippen LogP contribution is -2.08. The van der Waals surface area contributed by atoms with Gasteiger partial charge in [0.1, 0.15) is 29.1 Å². The van der Waals surface area contributed by atoms with Crippen molar-refractivity contribution in [1.29, 1.82) is 0 Å². The van der Waals surface area contributed by atoms with E-state index in [-0.39, 0.29) is 21.9 Å². The van der Waals surface area contributed by atoms with E-state index in [0.717, 1.165) is 30.2 Å². The van der Waals surface area contributed by atoms with Crippen LogP contribution >= 0.6 is 11.8 Å². The van der Waals surface area contributed by atoms with Crippen molar-refractivity contribution in [2.75, 3.05) is 5.75 Å². The van der Waals surface area contributed by atoms with Crippen LogP contribution < -0.4 is 0 Å². The number of pyridine rings is 1. The summed E-state index contributed by atoms with van der Waals surface area (Å²) in [5.41, 5.74) is -1.71. The fourth-order valence-corrected chi connectivity index (χ4v) is 3.03. The molecule has 0 unspecified atom stereocenters. The third-order valence-corrected chi connectivity index (χ3v) is 4.27. The third-order valence-electron chi connectivity index (χ3n) is 3.36. The molecule has 138 valence electrons. The minimum absolute atomic E-state index is 0.0310. The molecule has 0 saturated carbocycles. The monoisotopic (exact) mass is 392 g/mol. The average Bonchev–Trinajstić information content (AvgIpc) is 2.96. The van der Waals surface area contributed by atoms with Gasteiger partial charge in [-0.05, 0) is 11.8 Å². The SMILES string of the molecule is CCSc1cc(C(F)(F)F)cnc1-c1cn2cnc(C(F)(F)F)cc2n1. The average molecular weight is 392 g/mol. The normalized spacial score (nSPS) is 12.7. The number of aromatic nitrogens is 4. The smallest absolute Gasteiger partial charge is 0.290 e. The fraction of sp³-hybridized carbons (Fsp3) is 0.267. The van der Waals surface area contributed by atoms with Crippen LogP contribution in [-0.2, 0) is 12.4 Å². The topological polar surface area (TPSA) is 43.1 Å². The Kier molecular flexibility index (Phi) is 4.59. The molecule has 11 heteroatoms. The van der Waals surface area contributed by atoms with Crippen molar-refractivity contribution in [3.8, 4) is 11.4 Å². The number of imidazole rings is 1.